The second-order valence-electron chi connectivity index (χ2n) is 6.57. The van der Waals surface area contributed by atoms with Crippen LogP contribution in [0.2, 0.25) is 0 Å². The molecular weight excluding hydrogens is 414 g/mol. The summed E-state index contributed by atoms with van der Waals surface area (Å²) in [6.07, 6.45) is 1.63. The molecule has 0 unspecified atom stereocenters. The van der Waals surface area contributed by atoms with Crippen molar-refractivity contribution in [2.75, 3.05) is 18.8 Å². The van der Waals surface area contributed by atoms with Gasteiger partial charge in [-0.05, 0) is 49.2 Å². The molecule has 1 saturated heterocycles. The lowest BCUT2D eigenvalue weighted by Gasteiger charge is -2.15. The molecule has 0 radical (unpaired) electrons. The van der Waals surface area contributed by atoms with E-state index < -0.39 is 32.4 Å². The summed E-state index contributed by atoms with van der Waals surface area (Å²) in [6.45, 7) is 0.944. The summed E-state index contributed by atoms with van der Waals surface area (Å²) in [5.41, 5.74) is 9.34. The maximum atomic E-state index is 12.5. The van der Waals surface area contributed by atoms with Gasteiger partial charge >= 0.3 is 0 Å². The Morgan fingerprint density at radius 2 is 1.50 bits per heavy atom. The van der Waals surface area contributed by atoms with Crippen LogP contribution in [0, 0.1) is 10.1 Å². The fourth-order valence-corrected chi connectivity index (χ4v) is 4.47. The number of benzene rings is 2. The van der Waals surface area contributed by atoms with Crippen molar-refractivity contribution in [2.45, 2.75) is 17.7 Å². The van der Waals surface area contributed by atoms with E-state index in [9.17, 15) is 28.1 Å². The van der Waals surface area contributed by atoms with Crippen LogP contribution in [0.25, 0.3) is 0 Å². The lowest BCUT2D eigenvalue weighted by Crippen LogP contribution is -2.41. The van der Waals surface area contributed by atoms with Gasteiger partial charge in [0.25, 0.3) is 17.5 Å². The van der Waals surface area contributed by atoms with Crippen LogP contribution in [0.1, 0.15) is 33.6 Å². The molecule has 0 spiro atoms. The van der Waals surface area contributed by atoms with Gasteiger partial charge in [-0.25, -0.2) is 8.42 Å². The van der Waals surface area contributed by atoms with Crippen LogP contribution in [-0.2, 0) is 10.0 Å². The van der Waals surface area contributed by atoms with Gasteiger partial charge in [0.1, 0.15) is 5.69 Å². The molecule has 12 heteroatoms. The lowest BCUT2D eigenvalue weighted by atomic mass is 10.1. The van der Waals surface area contributed by atoms with Crippen molar-refractivity contribution in [3.8, 4) is 0 Å². The number of nitrogens with two attached hydrogens (primary N) is 1. The molecule has 2 aromatic carbocycles. The third kappa shape index (κ3) is 4.39. The summed E-state index contributed by atoms with van der Waals surface area (Å²) < 4.78 is 26.4. The van der Waals surface area contributed by atoms with E-state index in [2.05, 4.69) is 10.9 Å². The second kappa shape index (κ2) is 8.47. The van der Waals surface area contributed by atoms with Crippen molar-refractivity contribution in [1.82, 2.24) is 15.2 Å². The summed E-state index contributed by atoms with van der Waals surface area (Å²) in [5.74, 6) is -1.46. The highest BCUT2D eigenvalue weighted by Crippen LogP contribution is 2.22. The third-order valence-corrected chi connectivity index (χ3v) is 6.51. The first kappa shape index (κ1) is 21.2. The molecule has 2 amide bonds. The van der Waals surface area contributed by atoms with Gasteiger partial charge in [-0.3, -0.25) is 30.6 Å². The number of nitrogens with one attached hydrogen (secondary N) is 2. The number of sulfonamides is 1. The monoisotopic (exact) mass is 433 g/mol. The van der Waals surface area contributed by atoms with Crippen molar-refractivity contribution in [1.29, 1.82) is 0 Å². The Morgan fingerprint density at radius 3 is 2.07 bits per heavy atom. The molecule has 4 N–H and O–H groups in total. The molecule has 30 heavy (non-hydrogen) atoms. The number of anilines is 1. The van der Waals surface area contributed by atoms with E-state index >= 15 is 0 Å². The number of hydrogen-bond donors (Lipinski definition) is 3. The Hall–Kier alpha value is -3.51. The van der Waals surface area contributed by atoms with Crippen LogP contribution in [0.5, 0.6) is 0 Å². The second-order valence-corrected chi connectivity index (χ2v) is 8.51. The minimum Gasteiger partial charge on any atom is -0.393 e. The zero-order valence-corrected chi connectivity index (χ0v) is 16.5. The molecular formula is C18H19N5O6S. The number of nitro groups is 1. The predicted molar refractivity (Wildman–Crippen MR) is 107 cm³/mol. The quantitative estimate of drug-likeness (QED) is 0.360. The van der Waals surface area contributed by atoms with Gasteiger partial charge in [0.2, 0.25) is 10.0 Å². The van der Waals surface area contributed by atoms with Crippen molar-refractivity contribution in [2.24, 2.45) is 0 Å². The lowest BCUT2D eigenvalue weighted by molar-refractivity contribution is -0.383. The average Bonchev–Trinajstić information content (AvgIpc) is 3.28. The summed E-state index contributed by atoms with van der Waals surface area (Å²) in [5, 5.41) is 10.9. The number of hydrazine groups is 1. The van der Waals surface area contributed by atoms with Gasteiger partial charge in [0.15, 0.2) is 0 Å². The zero-order chi connectivity index (χ0) is 21.9. The molecule has 0 aliphatic carbocycles. The minimum absolute atomic E-state index is 0.0664. The third-order valence-electron chi connectivity index (χ3n) is 4.60. The smallest absolute Gasteiger partial charge is 0.292 e. The molecule has 11 nitrogen and oxygen atoms in total. The highest BCUT2D eigenvalue weighted by molar-refractivity contribution is 7.89. The SMILES string of the molecule is Nc1ccc(C(=O)NNC(=O)c2ccc(S(=O)(=O)N3CCCC3)cc2)cc1[N+](=O)[O-]. The van der Waals surface area contributed by atoms with Gasteiger partial charge in [0, 0.05) is 30.3 Å². The molecule has 158 valence electrons. The van der Waals surface area contributed by atoms with Crippen LogP contribution >= 0.6 is 0 Å². The zero-order valence-electron chi connectivity index (χ0n) is 15.7. The normalized spacial score (nSPS) is 14.3. The Balaban J connectivity index is 1.64. The summed E-state index contributed by atoms with van der Waals surface area (Å²) >= 11 is 0. The summed E-state index contributed by atoms with van der Waals surface area (Å²) in [4.78, 5) is 34.6. The fraction of sp³-hybridized carbons (Fsp3) is 0.222. The van der Waals surface area contributed by atoms with E-state index in [0.29, 0.717) is 13.1 Å². The number of hydrogen-bond acceptors (Lipinski definition) is 7. The van der Waals surface area contributed by atoms with E-state index in [0.717, 1.165) is 18.9 Å². The summed E-state index contributed by atoms with van der Waals surface area (Å²) in [6, 6.07) is 8.81. The Bertz CT molecular complexity index is 1090. The first-order valence-corrected chi connectivity index (χ1v) is 10.4. The number of amides is 2. The maximum absolute atomic E-state index is 12.5. The largest absolute Gasteiger partial charge is 0.393 e. The van der Waals surface area contributed by atoms with Gasteiger partial charge < -0.3 is 5.73 Å². The minimum atomic E-state index is -3.59. The van der Waals surface area contributed by atoms with Crippen molar-refractivity contribution >= 4 is 33.2 Å². The van der Waals surface area contributed by atoms with Crippen LogP contribution in [0.3, 0.4) is 0 Å². The number of nitrogens with zero attached hydrogens (tertiary/aromatic N) is 2. The van der Waals surface area contributed by atoms with Gasteiger partial charge in [-0.2, -0.15) is 4.31 Å². The molecule has 2 aromatic rings. The predicted octanol–water partition coefficient (Wildman–Crippen LogP) is 1.04. The Kier molecular flexibility index (Phi) is 5.99. The highest BCUT2D eigenvalue weighted by Gasteiger charge is 2.27. The first-order chi connectivity index (χ1) is 14.2. The van der Waals surface area contributed by atoms with E-state index in [4.69, 9.17) is 5.73 Å². The van der Waals surface area contributed by atoms with E-state index in [1.165, 1.54) is 40.7 Å². The molecule has 3 rings (SSSR count). The van der Waals surface area contributed by atoms with Gasteiger partial charge in [0.05, 0.1) is 9.82 Å². The van der Waals surface area contributed by atoms with Crippen LogP contribution in [0.15, 0.2) is 47.4 Å². The number of rotatable bonds is 5. The molecule has 0 atom stereocenters. The first-order valence-electron chi connectivity index (χ1n) is 8.95. The fourth-order valence-electron chi connectivity index (χ4n) is 2.96. The number of nitro benzene ring substituents is 1. The molecule has 1 heterocycles. The van der Waals surface area contributed by atoms with Crippen molar-refractivity contribution in [3.05, 3.63) is 63.7 Å². The number of nitrogen functional groups attached to an aromatic ring is 1. The van der Waals surface area contributed by atoms with Crippen LogP contribution in [0.4, 0.5) is 11.4 Å². The van der Waals surface area contributed by atoms with Crippen molar-refractivity contribution < 1.29 is 22.9 Å². The average molecular weight is 433 g/mol. The van der Waals surface area contributed by atoms with Crippen molar-refractivity contribution in [3.63, 3.8) is 0 Å². The molecule has 0 saturated carbocycles. The van der Waals surface area contributed by atoms with Gasteiger partial charge in [-0.1, -0.05) is 0 Å². The molecule has 0 bridgehead atoms. The molecule has 0 aromatic heterocycles. The van der Waals surface area contributed by atoms with E-state index in [-0.39, 0.29) is 21.7 Å². The molecule has 1 fully saturated rings. The molecule has 1 aliphatic heterocycles. The number of carbonyl (C=O) groups excluding carboxylic acids is 2. The van der Waals surface area contributed by atoms with E-state index in [1.807, 2.05) is 0 Å². The summed E-state index contributed by atoms with van der Waals surface area (Å²) in [7, 11) is -3.59. The van der Waals surface area contributed by atoms with Gasteiger partial charge in [-0.15, -0.1) is 0 Å². The van der Waals surface area contributed by atoms with E-state index in [1.54, 1.807) is 0 Å². The molecule has 1 aliphatic rings. The Labute approximate surface area is 172 Å². The highest BCUT2D eigenvalue weighted by atomic mass is 32.2. The van der Waals surface area contributed by atoms with Crippen LogP contribution < -0.4 is 16.6 Å². The maximum Gasteiger partial charge on any atom is 0.292 e. The van der Waals surface area contributed by atoms with Crippen LogP contribution in [-0.4, -0.2) is 42.6 Å². The standard InChI is InChI=1S/C18H19N5O6S/c19-15-8-5-13(11-16(15)23(26)27)18(25)21-20-17(24)12-3-6-14(7-4-12)30(28,29)22-9-1-2-10-22/h3-8,11H,1-2,9-10,19H2,(H,20,24)(H,21,25). The number of carbonyl (C=O) groups is 2. The Morgan fingerprint density at radius 1 is 0.967 bits per heavy atom. The topological polar surface area (TPSA) is 165 Å².